The number of amides is 1. The third-order valence-electron chi connectivity index (χ3n) is 6.80. The number of halogens is 1. The first-order valence-corrected chi connectivity index (χ1v) is 11.8. The average Bonchev–Trinajstić information content (AvgIpc) is 2.83. The van der Waals surface area contributed by atoms with Gasteiger partial charge in [-0.25, -0.2) is 4.98 Å². The zero-order valence-electron chi connectivity index (χ0n) is 18.5. The lowest BCUT2D eigenvalue weighted by atomic mass is 10.0. The number of piperidine rings is 1. The van der Waals surface area contributed by atoms with Crippen molar-refractivity contribution in [2.75, 3.05) is 46.3 Å². The summed E-state index contributed by atoms with van der Waals surface area (Å²) in [6.07, 6.45) is 2.52. The van der Waals surface area contributed by atoms with E-state index in [9.17, 15) is 4.79 Å². The number of hydrogen-bond acceptors (Lipinski definition) is 4. The molecule has 0 saturated carbocycles. The van der Waals surface area contributed by atoms with E-state index < -0.39 is 0 Å². The highest BCUT2D eigenvalue weighted by molar-refractivity contribution is 6.30. The Hall–Kier alpha value is -2.47. The third-order valence-corrected chi connectivity index (χ3v) is 7.06. The van der Waals surface area contributed by atoms with Gasteiger partial charge in [0.25, 0.3) is 5.91 Å². The zero-order valence-corrected chi connectivity index (χ0v) is 19.3. The lowest BCUT2D eigenvalue weighted by molar-refractivity contribution is 0.0453. The summed E-state index contributed by atoms with van der Waals surface area (Å²) in [5.41, 5.74) is 3.33. The number of rotatable bonds is 3. The van der Waals surface area contributed by atoms with Crippen LogP contribution < -0.4 is 0 Å². The highest BCUT2D eigenvalue weighted by Crippen LogP contribution is 2.27. The van der Waals surface area contributed by atoms with Crippen LogP contribution in [0.25, 0.3) is 22.2 Å². The molecule has 3 aromatic rings. The van der Waals surface area contributed by atoms with Gasteiger partial charge in [-0.15, -0.1) is 0 Å². The summed E-state index contributed by atoms with van der Waals surface area (Å²) in [5.74, 6) is 0.0965. The largest absolute Gasteiger partial charge is 0.336 e. The van der Waals surface area contributed by atoms with Gasteiger partial charge in [0.05, 0.1) is 16.8 Å². The molecule has 0 spiro atoms. The summed E-state index contributed by atoms with van der Waals surface area (Å²) in [4.78, 5) is 25.5. The van der Waals surface area contributed by atoms with Crippen LogP contribution in [0, 0.1) is 0 Å². The molecular formula is C26H29ClN4O. The number of piperazine rings is 1. The predicted molar refractivity (Wildman–Crippen MR) is 130 cm³/mol. The van der Waals surface area contributed by atoms with Crippen LogP contribution in [0.15, 0.2) is 54.6 Å². The van der Waals surface area contributed by atoms with Crippen LogP contribution in [-0.2, 0) is 0 Å². The van der Waals surface area contributed by atoms with E-state index in [0.29, 0.717) is 11.1 Å². The standard InChI is InChI=1S/C26H29ClN4O/c1-29-12-4-5-21(18-29)30-13-15-31(16-14-30)26(32)23-17-25(19-8-10-20(27)11-9-19)28-24-7-3-2-6-22(23)24/h2-3,6-11,17,21H,4-5,12-16,18H2,1H3. The minimum atomic E-state index is 0.0965. The number of aromatic nitrogens is 1. The van der Waals surface area contributed by atoms with E-state index in [1.54, 1.807) is 0 Å². The molecular weight excluding hydrogens is 420 g/mol. The second-order valence-electron chi connectivity index (χ2n) is 8.97. The molecule has 166 valence electrons. The fourth-order valence-electron chi connectivity index (χ4n) is 5.02. The Morgan fingerprint density at radius 3 is 2.50 bits per heavy atom. The molecule has 2 aliphatic rings. The summed E-state index contributed by atoms with van der Waals surface area (Å²) in [6, 6.07) is 18.1. The fraction of sp³-hybridized carbons (Fsp3) is 0.385. The van der Waals surface area contributed by atoms with Crippen molar-refractivity contribution in [1.82, 2.24) is 19.7 Å². The summed E-state index contributed by atoms with van der Waals surface area (Å²) in [5, 5.41) is 1.60. The quantitative estimate of drug-likeness (QED) is 0.595. The summed E-state index contributed by atoms with van der Waals surface area (Å²) in [6.45, 7) is 5.75. The first-order valence-electron chi connectivity index (χ1n) is 11.5. The van der Waals surface area contributed by atoms with Gasteiger partial charge in [0, 0.05) is 54.7 Å². The maximum absolute atomic E-state index is 13.6. The van der Waals surface area contributed by atoms with E-state index in [1.807, 2.05) is 59.5 Å². The van der Waals surface area contributed by atoms with Crippen molar-refractivity contribution >= 4 is 28.4 Å². The van der Waals surface area contributed by atoms with Gasteiger partial charge in [-0.3, -0.25) is 9.69 Å². The maximum atomic E-state index is 13.6. The van der Waals surface area contributed by atoms with E-state index in [-0.39, 0.29) is 5.91 Å². The number of nitrogens with zero attached hydrogens (tertiary/aromatic N) is 4. The molecule has 0 radical (unpaired) electrons. The number of likely N-dealkylation sites (tertiary alicyclic amines) is 1. The Kier molecular flexibility index (Phi) is 6.13. The van der Waals surface area contributed by atoms with E-state index in [2.05, 4.69) is 16.8 Å². The van der Waals surface area contributed by atoms with Gasteiger partial charge in [0.2, 0.25) is 0 Å². The Morgan fingerprint density at radius 2 is 1.75 bits per heavy atom. The normalized spacial score (nSPS) is 20.6. The average molecular weight is 449 g/mol. The van der Waals surface area contributed by atoms with Crippen LogP contribution in [0.5, 0.6) is 0 Å². The van der Waals surface area contributed by atoms with Crippen LogP contribution >= 0.6 is 11.6 Å². The molecule has 0 aliphatic carbocycles. The van der Waals surface area contributed by atoms with Crippen molar-refractivity contribution in [3.05, 3.63) is 65.2 Å². The zero-order chi connectivity index (χ0) is 22.1. The van der Waals surface area contributed by atoms with Gasteiger partial charge in [-0.05, 0) is 50.7 Å². The number of carbonyl (C=O) groups excluding carboxylic acids is 1. The Labute approximate surface area is 194 Å². The number of benzene rings is 2. The van der Waals surface area contributed by atoms with Crippen LogP contribution in [0.4, 0.5) is 0 Å². The molecule has 5 nitrogen and oxygen atoms in total. The number of carbonyl (C=O) groups is 1. The lowest BCUT2D eigenvalue weighted by Crippen LogP contribution is -2.55. The molecule has 6 heteroatoms. The van der Waals surface area contributed by atoms with Crippen molar-refractivity contribution < 1.29 is 4.79 Å². The van der Waals surface area contributed by atoms with Crippen molar-refractivity contribution in [2.24, 2.45) is 0 Å². The van der Waals surface area contributed by atoms with Crippen LogP contribution in [-0.4, -0.2) is 77.9 Å². The monoisotopic (exact) mass is 448 g/mol. The number of pyridine rings is 1. The van der Waals surface area contributed by atoms with Gasteiger partial charge in [0.1, 0.15) is 0 Å². The fourth-order valence-corrected chi connectivity index (χ4v) is 5.14. The van der Waals surface area contributed by atoms with E-state index >= 15 is 0 Å². The molecule has 2 fully saturated rings. The minimum absolute atomic E-state index is 0.0965. The number of para-hydroxylation sites is 1. The topological polar surface area (TPSA) is 39.7 Å². The van der Waals surface area contributed by atoms with Gasteiger partial charge in [-0.2, -0.15) is 0 Å². The van der Waals surface area contributed by atoms with Crippen molar-refractivity contribution in [3.63, 3.8) is 0 Å². The Balaban J connectivity index is 1.39. The van der Waals surface area contributed by atoms with Crippen molar-refractivity contribution in [1.29, 1.82) is 0 Å². The number of fused-ring (bicyclic) bond motifs is 1. The molecule has 1 unspecified atom stereocenters. The molecule has 1 aromatic heterocycles. The number of likely N-dealkylation sites (N-methyl/N-ethyl adjacent to an activating group) is 1. The summed E-state index contributed by atoms with van der Waals surface area (Å²) >= 11 is 6.07. The molecule has 0 bridgehead atoms. The maximum Gasteiger partial charge on any atom is 0.254 e. The lowest BCUT2D eigenvalue weighted by Gasteiger charge is -2.42. The second-order valence-corrected chi connectivity index (χ2v) is 9.40. The molecule has 5 rings (SSSR count). The summed E-state index contributed by atoms with van der Waals surface area (Å²) < 4.78 is 0. The van der Waals surface area contributed by atoms with Crippen molar-refractivity contribution in [3.8, 4) is 11.3 Å². The van der Waals surface area contributed by atoms with Crippen LogP contribution in [0.1, 0.15) is 23.2 Å². The molecule has 1 atom stereocenters. The molecule has 32 heavy (non-hydrogen) atoms. The van der Waals surface area contributed by atoms with Gasteiger partial charge in [-0.1, -0.05) is 41.9 Å². The molecule has 2 saturated heterocycles. The second kappa shape index (κ2) is 9.18. The van der Waals surface area contributed by atoms with E-state index in [1.165, 1.54) is 19.4 Å². The SMILES string of the molecule is CN1CCCC(N2CCN(C(=O)c3cc(-c4ccc(Cl)cc4)nc4ccccc34)CC2)C1. The first-order chi connectivity index (χ1) is 15.6. The van der Waals surface area contributed by atoms with Crippen LogP contribution in [0.2, 0.25) is 5.02 Å². The Bertz CT molecular complexity index is 1110. The van der Waals surface area contributed by atoms with Crippen molar-refractivity contribution in [2.45, 2.75) is 18.9 Å². The molecule has 2 aromatic carbocycles. The summed E-state index contributed by atoms with van der Waals surface area (Å²) in [7, 11) is 2.21. The smallest absolute Gasteiger partial charge is 0.254 e. The van der Waals surface area contributed by atoms with Gasteiger partial charge >= 0.3 is 0 Å². The number of hydrogen-bond donors (Lipinski definition) is 0. The Morgan fingerprint density at radius 1 is 1.00 bits per heavy atom. The van der Waals surface area contributed by atoms with Gasteiger partial charge in [0.15, 0.2) is 0 Å². The van der Waals surface area contributed by atoms with E-state index in [4.69, 9.17) is 16.6 Å². The van der Waals surface area contributed by atoms with Gasteiger partial charge < -0.3 is 9.80 Å². The van der Waals surface area contributed by atoms with E-state index in [0.717, 1.165) is 60.4 Å². The highest BCUT2D eigenvalue weighted by atomic mass is 35.5. The molecule has 3 heterocycles. The first kappa shape index (κ1) is 21.4. The third kappa shape index (κ3) is 4.38. The minimum Gasteiger partial charge on any atom is -0.336 e. The molecule has 0 N–H and O–H groups in total. The molecule has 2 aliphatic heterocycles. The predicted octanol–water partition coefficient (Wildman–Crippen LogP) is 4.41. The van der Waals surface area contributed by atoms with Crippen LogP contribution in [0.3, 0.4) is 0 Å². The molecule has 1 amide bonds. The highest BCUT2D eigenvalue weighted by Gasteiger charge is 2.29.